The third-order valence-corrected chi connectivity index (χ3v) is 2.37. The predicted octanol–water partition coefficient (Wildman–Crippen LogP) is 1.37. The van der Waals surface area contributed by atoms with Gasteiger partial charge >= 0.3 is 5.97 Å². The fourth-order valence-corrected chi connectivity index (χ4v) is 0.956. The summed E-state index contributed by atoms with van der Waals surface area (Å²) in [4.78, 5) is 10.6. The molecule has 0 rings (SSSR count). The maximum Gasteiger partial charge on any atom is 0.330 e. The van der Waals surface area contributed by atoms with Gasteiger partial charge in [0, 0.05) is 12.2 Å². The van der Waals surface area contributed by atoms with Crippen molar-refractivity contribution in [1.29, 1.82) is 0 Å². The zero-order chi connectivity index (χ0) is 12.1. The Labute approximate surface area is 95.7 Å². The molecular weight excluding hydrogens is 208 g/mol. The van der Waals surface area contributed by atoms with Gasteiger partial charge in [0.1, 0.15) is 10.5 Å². The molecule has 0 aliphatic carbocycles. The molecule has 1 unspecified atom stereocenters. The van der Waals surface area contributed by atoms with Crippen LogP contribution in [0.4, 0.5) is 0 Å². The summed E-state index contributed by atoms with van der Waals surface area (Å²) in [6.45, 7) is 11.0. The van der Waals surface area contributed by atoms with Gasteiger partial charge in [-0.1, -0.05) is 12.7 Å². The summed E-state index contributed by atoms with van der Waals surface area (Å²) < 4.78 is 9.95. The molecule has 0 bridgehead atoms. The van der Waals surface area contributed by atoms with Crippen LogP contribution >= 0.6 is 0 Å². The van der Waals surface area contributed by atoms with Gasteiger partial charge in [-0.05, 0) is 26.7 Å². The summed E-state index contributed by atoms with van der Waals surface area (Å²) in [5.41, 5.74) is 0. The number of carbonyl (C=O) groups is 1. The van der Waals surface area contributed by atoms with E-state index in [0.717, 1.165) is 23.3 Å². The van der Waals surface area contributed by atoms with Gasteiger partial charge in [-0.3, -0.25) is 0 Å². The molecule has 0 saturated heterocycles. The lowest BCUT2D eigenvalue weighted by Gasteiger charge is -2.08. The number of hydrogen-bond acceptors (Lipinski definition) is 3. The van der Waals surface area contributed by atoms with E-state index in [1.807, 2.05) is 13.8 Å². The van der Waals surface area contributed by atoms with Crippen LogP contribution in [-0.2, 0) is 14.0 Å². The Hall–Kier alpha value is -0.873. The molecular formula is C11H22O3Si. The van der Waals surface area contributed by atoms with Crippen LogP contribution in [0.1, 0.15) is 26.7 Å². The third-order valence-electron chi connectivity index (χ3n) is 1.57. The summed E-state index contributed by atoms with van der Waals surface area (Å²) in [5.74, 6) is -0.352. The van der Waals surface area contributed by atoms with E-state index in [-0.39, 0.29) is 5.97 Å². The van der Waals surface area contributed by atoms with Crippen LogP contribution in [0.15, 0.2) is 25.3 Å². The Kier molecular flexibility index (Phi) is 14.5. The smallest absolute Gasteiger partial charge is 0.330 e. The maximum absolute atomic E-state index is 10.6. The normalized spacial score (nSPS) is 10.8. The van der Waals surface area contributed by atoms with Gasteiger partial charge in [-0.25, -0.2) is 4.79 Å². The lowest BCUT2D eigenvalue weighted by atomic mass is 10.2. The van der Waals surface area contributed by atoms with Crippen molar-refractivity contribution in [2.24, 2.45) is 0 Å². The van der Waals surface area contributed by atoms with Crippen molar-refractivity contribution in [3.05, 3.63) is 25.3 Å². The SMILES string of the molecule is C=CC.C=CC(=O)OCCCC(C)O[SiH3]. The van der Waals surface area contributed by atoms with Crippen molar-refractivity contribution in [3.8, 4) is 0 Å². The molecule has 4 heteroatoms. The molecule has 88 valence electrons. The lowest BCUT2D eigenvalue weighted by Crippen LogP contribution is -2.08. The monoisotopic (exact) mass is 230 g/mol. The van der Waals surface area contributed by atoms with E-state index >= 15 is 0 Å². The van der Waals surface area contributed by atoms with Crippen molar-refractivity contribution in [2.75, 3.05) is 6.61 Å². The number of allylic oxidation sites excluding steroid dienone is 1. The number of rotatable bonds is 6. The van der Waals surface area contributed by atoms with Crippen LogP contribution in [0.2, 0.25) is 0 Å². The van der Waals surface area contributed by atoms with Gasteiger partial charge in [0.2, 0.25) is 0 Å². The van der Waals surface area contributed by atoms with Crippen molar-refractivity contribution < 1.29 is 14.0 Å². The standard InChI is InChI=1S/C8H16O3Si.C3H6/c1-3-8(9)10-6-4-5-7(2)11-12;1-3-2/h3,7H,1,4-6H2,2,12H3;3H,1H2,2H3. The number of esters is 1. The highest BCUT2D eigenvalue weighted by atomic mass is 28.2. The molecule has 0 N–H and O–H groups in total. The van der Waals surface area contributed by atoms with Crippen LogP contribution in [0, 0.1) is 0 Å². The molecule has 0 spiro atoms. The molecule has 0 radical (unpaired) electrons. The highest BCUT2D eigenvalue weighted by molar-refractivity contribution is 5.98. The molecule has 0 amide bonds. The number of carbonyl (C=O) groups excluding carboxylic acids is 1. The molecule has 1 atom stereocenters. The van der Waals surface area contributed by atoms with Gasteiger partial charge < -0.3 is 9.16 Å². The molecule has 0 aromatic carbocycles. The third kappa shape index (κ3) is 15.8. The number of hydrogen-bond donors (Lipinski definition) is 0. The van der Waals surface area contributed by atoms with Crippen molar-refractivity contribution in [1.82, 2.24) is 0 Å². The van der Waals surface area contributed by atoms with E-state index < -0.39 is 0 Å². The average Bonchev–Trinajstić information content (AvgIpc) is 2.24. The summed E-state index contributed by atoms with van der Waals surface area (Å²) in [7, 11) is 0.765. The van der Waals surface area contributed by atoms with Gasteiger partial charge in [0.15, 0.2) is 0 Å². The fraction of sp³-hybridized carbons (Fsp3) is 0.545. The van der Waals surface area contributed by atoms with Gasteiger partial charge in [-0.15, -0.1) is 6.58 Å². The van der Waals surface area contributed by atoms with E-state index in [1.54, 1.807) is 6.08 Å². The molecule has 0 saturated carbocycles. The van der Waals surface area contributed by atoms with E-state index in [0.29, 0.717) is 12.7 Å². The maximum atomic E-state index is 10.6. The molecule has 0 aromatic heterocycles. The topological polar surface area (TPSA) is 35.5 Å². The molecule has 0 fully saturated rings. The molecule has 3 nitrogen and oxygen atoms in total. The summed E-state index contributed by atoms with van der Waals surface area (Å²) in [5, 5.41) is 0. The lowest BCUT2D eigenvalue weighted by molar-refractivity contribution is -0.137. The average molecular weight is 230 g/mol. The van der Waals surface area contributed by atoms with E-state index in [2.05, 4.69) is 13.2 Å². The van der Waals surface area contributed by atoms with Gasteiger partial charge in [0.25, 0.3) is 0 Å². The van der Waals surface area contributed by atoms with E-state index in [4.69, 9.17) is 9.16 Å². The van der Waals surface area contributed by atoms with Gasteiger partial charge in [0.05, 0.1) is 6.61 Å². The Morgan fingerprint density at radius 3 is 2.47 bits per heavy atom. The molecule has 0 heterocycles. The van der Waals surface area contributed by atoms with E-state index in [9.17, 15) is 4.79 Å². The molecule has 0 aromatic rings. The van der Waals surface area contributed by atoms with Crippen LogP contribution in [0.3, 0.4) is 0 Å². The van der Waals surface area contributed by atoms with Crippen LogP contribution in [-0.4, -0.2) is 29.2 Å². The fourth-order valence-electron chi connectivity index (χ4n) is 0.720. The Morgan fingerprint density at radius 1 is 1.53 bits per heavy atom. The number of ether oxygens (including phenoxy) is 1. The first kappa shape index (κ1) is 16.6. The van der Waals surface area contributed by atoms with Crippen molar-refractivity contribution in [2.45, 2.75) is 32.8 Å². The Balaban J connectivity index is 0. The minimum atomic E-state index is -0.352. The predicted molar refractivity (Wildman–Crippen MR) is 66.7 cm³/mol. The molecule has 0 aliphatic rings. The minimum Gasteiger partial charge on any atom is -0.463 e. The first-order valence-electron chi connectivity index (χ1n) is 5.01. The highest BCUT2D eigenvalue weighted by Gasteiger charge is 1.99. The summed E-state index contributed by atoms with van der Waals surface area (Å²) >= 11 is 0. The van der Waals surface area contributed by atoms with Crippen LogP contribution in [0.25, 0.3) is 0 Å². The van der Waals surface area contributed by atoms with Crippen LogP contribution < -0.4 is 0 Å². The second-order valence-corrected chi connectivity index (χ2v) is 3.44. The van der Waals surface area contributed by atoms with Crippen molar-refractivity contribution in [3.63, 3.8) is 0 Å². The second kappa shape index (κ2) is 13.1. The zero-order valence-corrected chi connectivity index (χ0v) is 12.0. The quantitative estimate of drug-likeness (QED) is 0.227. The highest BCUT2D eigenvalue weighted by Crippen LogP contribution is 1.99. The van der Waals surface area contributed by atoms with Crippen molar-refractivity contribution >= 4 is 16.5 Å². The summed E-state index contributed by atoms with van der Waals surface area (Å²) in [6.07, 6.45) is 5.00. The molecule has 15 heavy (non-hydrogen) atoms. The van der Waals surface area contributed by atoms with Crippen LogP contribution in [0.5, 0.6) is 0 Å². The Bertz CT molecular complexity index is 181. The van der Waals surface area contributed by atoms with E-state index in [1.165, 1.54) is 6.08 Å². The molecule has 0 aliphatic heterocycles. The first-order chi connectivity index (χ1) is 7.12. The first-order valence-corrected chi connectivity index (χ1v) is 5.83. The second-order valence-electron chi connectivity index (χ2n) is 2.97. The summed E-state index contributed by atoms with van der Waals surface area (Å²) in [6, 6.07) is 0. The van der Waals surface area contributed by atoms with Gasteiger partial charge in [-0.2, -0.15) is 0 Å². The largest absolute Gasteiger partial charge is 0.463 e. The Morgan fingerprint density at radius 2 is 2.07 bits per heavy atom. The zero-order valence-electron chi connectivity index (χ0n) is 9.99. The minimum absolute atomic E-state index is 0.291.